The van der Waals surface area contributed by atoms with Crippen molar-refractivity contribution in [3.8, 4) is 0 Å². The number of ketones is 2. The molecule has 0 aliphatic carbocycles. The number of carbonyl (C=O) groups is 8. The molecular formula is C74H97N11O10. The Balaban J connectivity index is 0.736. The predicted octanol–water partition coefficient (Wildman–Crippen LogP) is 6.08. The summed E-state index contributed by atoms with van der Waals surface area (Å²) in [7, 11) is 3.40. The van der Waals surface area contributed by atoms with E-state index in [2.05, 4.69) is 47.9 Å². The molecule has 0 radical (unpaired) electrons. The van der Waals surface area contributed by atoms with Gasteiger partial charge >= 0.3 is 0 Å². The Morgan fingerprint density at radius 3 is 1.52 bits per heavy atom. The van der Waals surface area contributed by atoms with Crippen LogP contribution in [0.2, 0.25) is 0 Å². The lowest BCUT2D eigenvalue weighted by Crippen LogP contribution is -2.59. The molecule has 95 heavy (non-hydrogen) atoms. The number of amides is 6. The lowest BCUT2D eigenvalue weighted by Gasteiger charge is -2.33. The molecule has 0 spiro atoms. The number of likely N-dealkylation sites (N-methyl/N-ethyl adjacent to an activating group) is 2. The summed E-state index contributed by atoms with van der Waals surface area (Å²) in [6.45, 7) is 5.54. The summed E-state index contributed by atoms with van der Waals surface area (Å²) in [5.74, 6) is -3.02. The standard InChI is InChI=1S/C74H97N11O10/c1-5-56(75-3)70(91)82-64-51(45-77-44-47-23-12-7-13-24-47)33-35-54-38-40-59(85(54)74(64)95)72(93)81-63(50-29-18-10-19-30-50)60(86)31-20-11-21-41-78-66-67(69(90)68(66)89)79-42-22-32-62(88)80-46-52-34-36-53-37-39-58(84(53)73(94)65(52)83-71(92)57(6-2)76-4)61(87)43-55(48-25-14-8-15-26-48)49-27-16-9-17-28-49/h7-10,12-19,23-30,51-59,63-65,75-79H,5-6,11,20-22,31-46H2,1-4H3,(H,80,88)(H,81,93)(H,82,91)(H,83,92)/t51-,52-,53+,54+,56+,57+,58+,59+,63+,64+,65?/m1/s1. The zero-order chi connectivity index (χ0) is 67.4. The van der Waals surface area contributed by atoms with E-state index in [1.165, 1.54) is 0 Å². The fraction of sp³-hybridized carbons (Fsp3) is 0.514. The molecule has 4 saturated heterocycles. The molecule has 0 bridgehead atoms. The maximum absolute atomic E-state index is 14.9. The molecule has 9 rings (SSSR count). The second kappa shape index (κ2) is 34.8. The number of benzene rings is 4. The molecule has 21 nitrogen and oxygen atoms in total. The van der Waals surface area contributed by atoms with Crippen LogP contribution in [0.5, 0.6) is 0 Å². The molecule has 11 atom stereocenters. The van der Waals surface area contributed by atoms with Gasteiger partial charge in [0.15, 0.2) is 11.6 Å². The van der Waals surface area contributed by atoms with Crippen molar-refractivity contribution in [3.05, 3.63) is 164 Å². The number of fused-ring (bicyclic) bond motifs is 2. The van der Waals surface area contributed by atoms with Crippen molar-refractivity contribution in [2.24, 2.45) is 11.8 Å². The van der Waals surface area contributed by atoms with Gasteiger partial charge in [-0.3, -0.25) is 47.9 Å². The van der Waals surface area contributed by atoms with Gasteiger partial charge in [0, 0.05) is 81.8 Å². The average Bonchev–Trinajstić information content (AvgIpc) is 1.64. The molecule has 4 aliphatic rings. The molecule has 5 aromatic rings. The number of unbranched alkanes of at least 4 members (excludes halogenated alkanes) is 2. The largest absolute Gasteiger partial charge is 0.380 e. The molecule has 6 amide bonds. The summed E-state index contributed by atoms with van der Waals surface area (Å²) in [5, 5.41) is 27.9. The number of nitrogens with one attached hydrogen (secondary N) is 9. The summed E-state index contributed by atoms with van der Waals surface area (Å²) < 4.78 is 0. The lowest BCUT2D eigenvalue weighted by molar-refractivity contribution is -0.144. The smallest absolute Gasteiger partial charge is 0.253 e. The number of nitrogens with zero attached hydrogens (tertiary/aromatic N) is 2. The number of carbonyl (C=O) groups excluding carboxylic acids is 8. The van der Waals surface area contributed by atoms with Crippen LogP contribution in [-0.4, -0.2) is 145 Å². The van der Waals surface area contributed by atoms with Gasteiger partial charge in [0.2, 0.25) is 35.4 Å². The number of anilines is 2. The van der Waals surface area contributed by atoms with Crippen molar-refractivity contribution in [2.45, 2.75) is 190 Å². The first-order valence-corrected chi connectivity index (χ1v) is 34.6. The van der Waals surface area contributed by atoms with Crippen LogP contribution in [0.1, 0.15) is 157 Å². The summed E-state index contributed by atoms with van der Waals surface area (Å²) in [6, 6.07) is 33.1. The maximum Gasteiger partial charge on any atom is 0.253 e. The Morgan fingerprint density at radius 1 is 0.516 bits per heavy atom. The van der Waals surface area contributed by atoms with E-state index in [0.717, 1.165) is 16.7 Å². The van der Waals surface area contributed by atoms with E-state index in [9.17, 15) is 47.9 Å². The van der Waals surface area contributed by atoms with Gasteiger partial charge in [0.05, 0.1) is 18.1 Å². The molecule has 4 fully saturated rings. The summed E-state index contributed by atoms with van der Waals surface area (Å²) in [4.78, 5) is 142. The van der Waals surface area contributed by atoms with Gasteiger partial charge in [-0.25, -0.2) is 0 Å². The molecule has 1 unspecified atom stereocenters. The average molecular weight is 1300 g/mol. The first kappa shape index (κ1) is 70.9. The van der Waals surface area contributed by atoms with Crippen molar-refractivity contribution in [2.75, 3.05) is 50.9 Å². The lowest BCUT2D eigenvalue weighted by atomic mass is 9.85. The molecule has 21 heteroatoms. The third-order valence-corrected chi connectivity index (χ3v) is 20.0. The fourth-order valence-corrected chi connectivity index (χ4v) is 14.6. The van der Waals surface area contributed by atoms with Crippen molar-refractivity contribution < 1.29 is 38.4 Å². The molecule has 0 aromatic heterocycles. The van der Waals surface area contributed by atoms with E-state index in [4.69, 9.17) is 0 Å². The Hall–Kier alpha value is -8.40. The predicted molar refractivity (Wildman–Crippen MR) is 367 cm³/mol. The van der Waals surface area contributed by atoms with E-state index in [1.807, 2.05) is 123 Å². The molecule has 4 heterocycles. The Kier molecular flexibility index (Phi) is 26.0. The van der Waals surface area contributed by atoms with Gasteiger partial charge in [-0.05, 0) is 120 Å². The van der Waals surface area contributed by atoms with Gasteiger partial charge < -0.3 is 57.7 Å². The van der Waals surface area contributed by atoms with Crippen LogP contribution in [0.3, 0.4) is 0 Å². The van der Waals surface area contributed by atoms with Gasteiger partial charge in [-0.1, -0.05) is 142 Å². The highest BCUT2D eigenvalue weighted by molar-refractivity contribution is 5.97. The molecule has 4 aliphatic heterocycles. The fourth-order valence-electron chi connectivity index (χ4n) is 14.6. The minimum Gasteiger partial charge on any atom is -0.380 e. The van der Waals surface area contributed by atoms with Gasteiger partial charge in [0.1, 0.15) is 35.5 Å². The highest BCUT2D eigenvalue weighted by atomic mass is 16.2. The van der Waals surface area contributed by atoms with Crippen LogP contribution in [0.4, 0.5) is 11.4 Å². The van der Waals surface area contributed by atoms with Crippen LogP contribution in [0, 0.1) is 11.8 Å². The van der Waals surface area contributed by atoms with E-state index in [-0.39, 0.29) is 109 Å². The number of Topliss-reactive ketones (excluding diaryl/α,β-unsaturated/α-hetero) is 2. The number of rotatable bonds is 35. The minimum atomic E-state index is -0.979. The van der Waals surface area contributed by atoms with Crippen LogP contribution in [-0.2, 0) is 44.9 Å². The quantitative estimate of drug-likeness (QED) is 0.0164. The second-order valence-corrected chi connectivity index (χ2v) is 26.1. The topological polar surface area (TPSA) is 285 Å². The van der Waals surface area contributed by atoms with Crippen molar-refractivity contribution >= 4 is 58.4 Å². The summed E-state index contributed by atoms with van der Waals surface area (Å²) in [5.41, 5.74) is 2.75. The van der Waals surface area contributed by atoms with Crippen LogP contribution in [0.25, 0.3) is 0 Å². The first-order valence-electron chi connectivity index (χ1n) is 34.6. The Labute approximate surface area is 557 Å². The highest BCUT2D eigenvalue weighted by Crippen LogP contribution is 2.38. The Morgan fingerprint density at radius 2 is 0.989 bits per heavy atom. The number of hydrogen-bond acceptors (Lipinski definition) is 15. The maximum atomic E-state index is 14.9. The van der Waals surface area contributed by atoms with Crippen LogP contribution >= 0.6 is 0 Å². The molecular weight excluding hydrogens is 1200 g/mol. The Bertz CT molecular complexity index is 3410. The highest BCUT2D eigenvalue weighted by Gasteiger charge is 2.50. The van der Waals surface area contributed by atoms with Crippen LogP contribution < -0.4 is 58.7 Å². The van der Waals surface area contributed by atoms with Gasteiger partial charge in [0.25, 0.3) is 10.9 Å². The van der Waals surface area contributed by atoms with E-state index in [1.54, 1.807) is 36.0 Å². The minimum absolute atomic E-state index is 0.0297. The molecule has 9 N–H and O–H groups in total. The van der Waals surface area contributed by atoms with Gasteiger partial charge in [-0.2, -0.15) is 0 Å². The normalized spacial score (nSPS) is 21.9. The van der Waals surface area contributed by atoms with Gasteiger partial charge in [-0.15, -0.1) is 0 Å². The SMILES string of the molecule is CC[C@H](NC)C(=O)NC1C(=O)N2[C@@H](CC[C@@H]1CNC(=O)CCCNc1c(NCCCCCC(=O)[C@@H](NC(=O)[C@@H]3CC[C@@H]4CC[C@H](CNCc5ccccc5)[C@H](NC(=O)[C@H](CC)NC)C(=O)N43)c3ccccc3)c(=O)c1=O)CC[C@H]2C(=O)CC(c1ccccc1)c1ccccc1. The first-order chi connectivity index (χ1) is 46.1. The second-order valence-electron chi connectivity index (χ2n) is 26.1. The third-order valence-electron chi connectivity index (χ3n) is 20.0. The zero-order valence-corrected chi connectivity index (χ0v) is 55.5. The molecule has 508 valence electrons. The van der Waals surface area contributed by atoms with Crippen molar-refractivity contribution in [3.63, 3.8) is 0 Å². The number of hydrogen-bond donors (Lipinski definition) is 9. The summed E-state index contributed by atoms with van der Waals surface area (Å²) >= 11 is 0. The van der Waals surface area contributed by atoms with Crippen molar-refractivity contribution in [1.29, 1.82) is 0 Å². The molecule has 5 aromatic carbocycles. The zero-order valence-electron chi connectivity index (χ0n) is 55.5. The summed E-state index contributed by atoms with van der Waals surface area (Å²) in [6.07, 6.45) is 8.09. The van der Waals surface area contributed by atoms with Crippen LogP contribution in [0.15, 0.2) is 131 Å². The molecule has 0 saturated carbocycles. The van der Waals surface area contributed by atoms with E-state index < -0.39 is 65.0 Å². The van der Waals surface area contributed by atoms with E-state index >= 15 is 0 Å². The van der Waals surface area contributed by atoms with Crippen molar-refractivity contribution in [1.82, 2.24) is 47.0 Å². The van der Waals surface area contributed by atoms with E-state index in [0.29, 0.717) is 115 Å². The third kappa shape index (κ3) is 17.9. The monoisotopic (exact) mass is 1300 g/mol.